The maximum atomic E-state index is 11.8. The third-order valence-electron chi connectivity index (χ3n) is 2.98. The van der Waals surface area contributed by atoms with Crippen molar-refractivity contribution in [3.05, 3.63) is 36.7 Å². The van der Waals surface area contributed by atoms with E-state index in [1.807, 2.05) is 0 Å². The highest BCUT2D eigenvalue weighted by Gasteiger charge is 2.15. The maximum absolute atomic E-state index is 11.8. The molecule has 1 heterocycles. The Bertz CT molecular complexity index is 768. The van der Waals surface area contributed by atoms with Gasteiger partial charge in [0.25, 0.3) is 0 Å². The Morgan fingerprint density at radius 3 is 2.73 bits per heavy atom. The number of amides is 1. The van der Waals surface area contributed by atoms with Crippen molar-refractivity contribution >= 4 is 21.4 Å². The van der Waals surface area contributed by atoms with Crippen LogP contribution in [-0.4, -0.2) is 44.0 Å². The molecule has 0 atom stereocenters. The first-order valence-electron chi connectivity index (χ1n) is 6.70. The van der Waals surface area contributed by atoms with Crippen LogP contribution < -0.4 is 10.6 Å². The second-order valence-electron chi connectivity index (χ2n) is 4.82. The van der Waals surface area contributed by atoms with Crippen LogP contribution in [0.1, 0.15) is 6.42 Å². The number of carbonyl (C=O) groups is 1. The van der Waals surface area contributed by atoms with E-state index in [9.17, 15) is 13.2 Å². The normalized spacial score (nSPS) is 11.4. The van der Waals surface area contributed by atoms with E-state index < -0.39 is 9.84 Å². The number of carbonyl (C=O) groups excluding carboxylic acids is 1. The summed E-state index contributed by atoms with van der Waals surface area (Å²) < 4.78 is 25.1. The van der Waals surface area contributed by atoms with E-state index in [0.29, 0.717) is 24.3 Å². The average molecular weight is 322 g/mol. The second kappa shape index (κ2) is 6.71. The lowest BCUT2D eigenvalue weighted by Gasteiger charge is -2.07. The molecule has 0 unspecified atom stereocenters. The van der Waals surface area contributed by atoms with Gasteiger partial charge in [-0.1, -0.05) is 12.1 Å². The summed E-state index contributed by atoms with van der Waals surface area (Å²) in [5.41, 5.74) is 0.963. The van der Waals surface area contributed by atoms with Gasteiger partial charge in [0.05, 0.1) is 28.7 Å². The molecule has 2 N–H and O–H groups in total. The Kier molecular flexibility index (Phi) is 4.94. The van der Waals surface area contributed by atoms with Crippen LogP contribution in [-0.2, 0) is 14.6 Å². The molecule has 0 spiro atoms. The van der Waals surface area contributed by atoms with Gasteiger partial charge in [-0.3, -0.25) is 4.79 Å². The summed E-state index contributed by atoms with van der Waals surface area (Å²) >= 11 is 0. The van der Waals surface area contributed by atoms with Crippen LogP contribution in [0.2, 0.25) is 0 Å². The van der Waals surface area contributed by atoms with E-state index >= 15 is 0 Å². The fraction of sp³-hybridized carbons (Fsp3) is 0.286. The fourth-order valence-corrected chi connectivity index (χ4v) is 2.81. The number of hydrogen-bond acceptors (Lipinski definition) is 5. The lowest BCUT2D eigenvalue weighted by atomic mass is 10.3. The van der Waals surface area contributed by atoms with Gasteiger partial charge in [-0.05, 0) is 19.2 Å². The number of nitrogens with zero attached hydrogens (tertiary/aromatic N) is 2. The number of benzene rings is 1. The molecule has 0 radical (unpaired) electrons. The quantitative estimate of drug-likeness (QED) is 0.821. The van der Waals surface area contributed by atoms with Crippen molar-refractivity contribution in [1.82, 2.24) is 15.1 Å². The Morgan fingerprint density at radius 1 is 1.32 bits per heavy atom. The van der Waals surface area contributed by atoms with Crippen LogP contribution >= 0.6 is 0 Å². The molecule has 1 aromatic carbocycles. The zero-order valence-electron chi connectivity index (χ0n) is 12.4. The summed E-state index contributed by atoms with van der Waals surface area (Å²) in [7, 11) is -1.59. The van der Waals surface area contributed by atoms with Gasteiger partial charge in [0.15, 0.2) is 9.84 Å². The summed E-state index contributed by atoms with van der Waals surface area (Å²) in [6.45, 7) is 0.580. The van der Waals surface area contributed by atoms with Gasteiger partial charge >= 0.3 is 0 Å². The Labute approximate surface area is 129 Å². The molecular weight excluding hydrogens is 304 g/mol. The first-order valence-corrected chi connectivity index (χ1v) is 8.59. The molecule has 8 heteroatoms. The lowest BCUT2D eigenvalue weighted by Crippen LogP contribution is -2.18. The summed E-state index contributed by atoms with van der Waals surface area (Å²) in [5, 5.41) is 9.72. The van der Waals surface area contributed by atoms with E-state index in [1.165, 1.54) is 16.9 Å². The first kappa shape index (κ1) is 16.2. The summed E-state index contributed by atoms with van der Waals surface area (Å²) in [6, 6.07) is 6.58. The van der Waals surface area contributed by atoms with Crippen molar-refractivity contribution in [2.24, 2.45) is 0 Å². The highest BCUT2D eigenvalue weighted by atomic mass is 32.2. The molecule has 1 aromatic heterocycles. The van der Waals surface area contributed by atoms with Crippen LogP contribution in [0.15, 0.2) is 41.6 Å². The monoisotopic (exact) mass is 322 g/mol. The second-order valence-corrected chi connectivity index (χ2v) is 6.80. The highest BCUT2D eigenvalue weighted by Crippen LogP contribution is 2.20. The zero-order chi connectivity index (χ0) is 16.2. The van der Waals surface area contributed by atoms with E-state index in [2.05, 4.69) is 15.7 Å². The van der Waals surface area contributed by atoms with E-state index in [-0.39, 0.29) is 10.8 Å². The SMILES string of the molecule is CNCCC(=O)Nc1cnn(-c2ccccc2S(C)(=O)=O)c1. The van der Waals surface area contributed by atoms with Gasteiger partial charge in [-0.15, -0.1) is 0 Å². The largest absolute Gasteiger partial charge is 0.323 e. The number of hydrogen-bond donors (Lipinski definition) is 2. The van der Waals surface area contributed by atoms with Crippen LogP contribution in [0.5, 0.6) is 0 Å². The molecule has 1 amide bonds. The lowest BCUT2D eigenvalue weighted by molar-refractivity contribution is -0.116. The predicted molar refractivity (Wildman–Crippen MR) is 83.8 cm³/mol. The van der Waals surface area contributed by atoms with Gasteiger partial charge in [-0.2, -0.15) is 5.10 Å². The molecule has 0 fully saturated rings. The molecule has 118 valence electrons. The number of nitrogens with one attached hydrogen (secondary N) is 2. The van der Waals surface area contributed by atoms with Gasteiger partial charge < -0.3 is 10.6 Å². The van der Waals surface area contributed by atoms with Crippen molar-refractivity contribution in [3.63, 3.8) is 0 Å². The third-order valence-corrected chi connectivity index (χ3v) is 4.12. The topological polar surface area (TPSA) is 93.1 Å². The van der Waals surface area contributed by atoms with Gasteiger partial charge in [-0.25, -0.2) is 13.1 Å². The Balaban J connectivity index is 2.24. The molecule has 0 bridgehead atoms. The molecule has 0 saturated heterocycles. The molecule has 2 rings (SSSR count). The maximum Gasteiger partial charge on any atom is 0.225 e. The molecular formula is C14H18N4O3S. The smallest absolute Gasteiger partial charge is 0.225 e. The highest BCUT2D eigenvalue weighted by molar-refractivity contribution is 7.90. The molecule has 22 heavy (non-hydrogen) atoms. The van der Waals surface area contributed by atoms with Crippen LogP contribution in [0.3, 0.4) is 0 Å². The van der Waals surface area contributed by atoms with E-state index in [4.69, 9.17) is 0 Å². The zero-order valence-corrected chi connectivity index (χ0v) is 13.2. The van der Waals surface area contributed by atoms with E-state index in [0.717, 1.165) is 6.26 Å². The number of rotatable bonds is 6. The Hall–Kier alpha value is -2.19. The molecule has 7 nitrogen and oxygen atoms in total. The third kappa shape index (κ3) is 3.92. The van der Waals surface area contributed by atoms with Crippen molar-refractivity contribution < 1.29 is 13.2 Å². The van der Waals surface area contributed by atoms with Gasteiger partial charge in [0, 0.05) is 19.2 Å². The summed E-state index contributed by atoms with van der Waals surface area (Å²) in [6.07, 6.45) is 4.56. The van der Waals surface area contributed by atoms with Gasteiger partial charge in [0.1, 0.15) is 0 Å². The van der Waals surface area contributed by atoms with Crippen molar-refractivity contribution in [2.75, 3.05) is 25.2 Å². The molecule has 0 saturated carbocycles. The minimum Gasteiger partial charge on any atom is -0.323 e. The number of anilines is 1. The van der Waals surface area contributed by atoms with Gasteiger partial charge in [0.2, 0.25) is 5.91 Å². The van der Waals surface area contributed by atoms with E-state index in [1.54, 1.807) is 31.4 Å². The minimum atomic E-state index is -3.36. The van der Waals surface area contributed by atoms with Crippen LogP contribution in [0, 0.1) is 0 Å². The van der Waals surface area contributed by atoms with Crippen molar-refractivity contribution in [2.45, 2.75) is 11.3 Å². The fourth-order valence-electron chi connectivity index (χ4n) is 1.94. The number of para-hydroxylation sites is 1. The molecule has 0 aliphatic rings. The molecule has 2 aromatic rings. The summed E-state index contributed by atoms with van der Waals surface area (Å²) in [5.74, 6) is -0.134. The van der Waals surface area contributed by atoms with Crippen LogP contribution in [0.25, 0.3) is 5.69 Å². The number of aromatic nitrogens is 2. The molecule has 0 aliphatic heterocycles. The number of sulfone groups is 1. The van der Waals surface area contributed by atoms with Crippen molar-refractivity contribution in [3.8, 4) is 5.69 Å². The minimum absolute atomic E-state index is 0.134. The molecule has 0 aliphatic carbocycles. The van der Waals surface area contributed by atoms with Crippen molar-refractivity contribution in [1.29, 1.82) is 0 Å². The summed E-state index contributed by atoms with van der Waals surface area (Å²) in [4.78, 5) is 11.8. The van der Waals surface area contributed by atoms with Crippen LogP contribution in [0.4, 0.5) is 5.69 Å². The average Bonchev–Trinajstić information content (AvgIpc) is 2.92. The first-order chi connectivity index (χ1) is 10.4. The standard InChI is InChI=1S/C14H18N4O3S/c1-15-8-7-14(19)17-11-9-16-18(10-11)12-5-3-4-6-13(12)22(2,20)21/h3-6,9-10,15H,7-8H2,1-2H3,(H,17,19). The predicted octanol–water partition coefficient (Wildman–Crippen LogP) is 0.824. The Morgan fingerprint density at radius 2 is 2.05 bits per heavy atom.